The first kappa shape index (κ1) is 19.8. The van der Waals surface area contributed by atoms with Crippen LogP contribution in [0.3, 0.4) is 0 Å². The Morgan fingerprint density at radius 3 is 2.84 bits per heavy atom. The first-order valence-electron chi connectivity index (χ1n) is 8.88. The number of halogens is 1. The van der Waals surface area contributed by atoms with Crippen LogP contribution in [0.25, 0.3) is 0 Å². The van der Waals surface area contributed by atoms with Crippen molar-refractivity contribution in [3.63, 3.8) is 0 Å². The van der Waals surface area contributed by atoms with Gasteiger partial charge >= 0.3 is 5.97 Å². The van der Waals surface area contributed by atoms with Crippen molar-refractivity contribution in [1.29, 1.82) is 0 Å². The van der Waals surface area contributed by atoms with Crippen LogP contribution in [0.15, 0.2) is 28.7 Å². The van der Waals surface area contributed by atoms with Gasteiger partial charge in [0.05, 0.1) is 6.61 Å². The standard InChI is InChI=1S/C19H26BrNO4/c1-14-6-2-3-9-17(14)21-18(22)13-25-19(23)10-5-11-24-16-8-4-7-15(20)12-16/h4,7-8,12,14,17H,2-3,5-6,9-11,13H2,1H3,(H,21,22)/t14-,17+/m0/s1. The molecule has 0 spiro atoms. The van der Waals surface area contributed by atoms with E-state index in [4.69, 9.17) is 9.47 Å². The average Bonchev–Trinajstić information content (AvgIpc) is 2.59. The van der Waals surface area contributed by atoms with Gasteiger partial charge in [-0.3, -0.25) is 9.59 Å². The molecule has 0 saturated heterocycles. The van der Waals surface area contributed by atoms with Crippen molar-refractivity contribution in [2.24, 2.45) is 5.92 Å². The minimum atomic E-state index is -0.371. The molecule has 0 radical (unpaired) electrons. The Morgan fingerprint density at radius 2 is 2.08 bits per heavy atom. The molecule has 0 bridgehead atoms. The minimum absolute atomic E-state index is 0.200. The second-order valence-corrected chi connectivity index (χ2v) is 7.42. The Hall–Kier alpha value is -1.56. The van der Waals surface area contributed by atoms with Crippen LogP contribution in [-0.2, 0) is 14.3 Å². The van der Waals surface area contributed by atoms with E-state index in [1.807, 2.05) is 24.3 Å². The van der Waals surface area contributed by atoms with Crippen LogP contribution in [0.4, 0.5) is 0 Å². The molecule has 2 atom stereocenters. The first-order chi connectivity index (χ1) is 12.0. The molecule has 1 aliphatic carbocycles. The number of benzene rings is 1. The highest BCUT2D eigenvalue weighted by molar-refractivity contribution is 9.10. The van der Waals surface area contributed by atoms with E-state index in [0.717, 1.165) is 29.5 Å². The van der Waals surface area contributed by atoms with Crippen molar-refractivity contribution in [3.8, 4) is 5.75 Å². The van der Waals surface area contributed by atoms with Crippen LogP contribution in [0.1, 0.15) is 45.4 Å². The van der Waals surface area contributed by atoms with Crippen molar-refractivity contribution >= 4 is 27.8 Å². The van der Waals surface area contributed by atoms with E-state index in [0.29, 0.717) is 18.9 Å². The summed E-state index contributed by atoms with van der Waals surface area (Å²) in [4.78, 5) is 23.6. The maximum absolute atomic E-state index is 11.9. The average molecular weight is 412 g/mol. The second-order valence-electron chi connectivity index (χ2n) is 6.51. The number of carbonyl (C=O) groups excluding carboxylic acids is 2. The van der Waals surface area contributed by atoms with E-state index in [1.54, 1.807) is 0 Å². The van der Waals surface area contributed by atoms with Gasteiger partial charge < -0.3 is 14.8 Å². The van der Waals surface area contributed by atoms with Crippen molar-refractivity contribution < 1.29 is 19.1 Å². The van der Waals surface area contributed by atoms with Crippen molar-refractivity contribution in [3.05, 3.63) is 28.7 Å². The predicted molar refractivity (Wildman–Crippen MR) is 99.4 cm³/mol. The highest BCUT2D eigenvalue weighted by atomic mass is 79.9. The summed E-state index contributed by atoms with van der Waals surface area (Å²) in [6.07, 6.45) is 5.31. The molecule has 2 rings (SSSR count). The van der Waals surface area contributed by atoms with Gasteiger partial charge in [-0.1, -0.05) is 41.8 Å². The van der Waals surface area contributed by atoms with Crippen LogP contribution >= 0.6 is 15.9 Å². The van der Waals surface area contributed by atoms with E-state index >= 15 is 0 Å². The lowest BCUT2D eigenvalue weighted by Crippen LogP contribution is -2.42. The number of ether oxygens (including phenoxy) is 2. The van der Waals surface area contributed by atoms with Crippen molar-refractivity contribution in [1.82, 2.24) is 5.32 Å². The normalized spacial score (nSPS) is 19.9. The third kappa shape index (κ3) is 7.46. The zero-order valence-corrected chi connectivity index (χ0v) is 16.2. The van der Waals surface area contributed by atoms with E-state index in [-0.39, 0.29) is 30.9 Å². The van der Waals surface area contributed by atoms with Crippen LogP contribution < -0.4 is 10.1 Å². The molecule has 1 amide bonds. The molecule has 5 nitrogen and oxygen atoms in total. The van der Waals surface area contributed by atoms with Gasteiger partial charge in [-0.25, -0.2) is 0 Å². The zero-order chi connectivity index (χ0) is 18.1. The maximum atomic E-state index is 11.9. The number of carbonyl (C=O) groups is 2. The quantitative estimate of drug-likeness (QED) is 0.521. The lowest BCUT2D eigenvalue weighted by Gasteiger charge is -2.29. The molecule has 1 fully saturated rings. The Morgan fingerprint density at radius 1 is 1.28 bits per heavy atom. The molecule has 138 valence electrons. The van der Waals surface area contributed by atoms with Crippen LogP contribution in [0, 0.1) is 5.92 Å². The molecule has 1 saturated carbocycles. The third-order valence-electron chi connectivity index (χ3n) is 4.41. The lowest BCUT2D eigenvalue weighted by atomic mass is 9.86. The first-order valence-corrected chi connectivity index (χ1v) is 9.67. The fraction of sp³-hybridized carbons (Fsp3) is 0.579. The Bertz CT molecular complexity index is 578. The minimum Gasteiger partial charge on any atom is -0.494 e. The van der Waals surface area contributed by atoms with Gasteiger partial charge in [-0.15, -0.1) is 0 Å². The highest BCUT2D eigenvalue weighted by Crippen LogP contribution is 2.23. The summed E-state index contributed by atoms with van der Waals surface area (Å²) in [5.74, 6) is 0.662. The largest absolute Gasteiger partial charge is 0.494 e. The Balaban J connectivity index is 1.56. The molecule has 1 aliphatic rings. The smallest absolute Gasteiger partial charge is 0.306 e. The number of hydrogen-bond donors (Lipinski definition) is 1. The zero-order valence-electron chi connectivity index (χ0n) is 14.6. The van der Waals surface area contributed by atoms with E-state index in [1.165, 1.54) is 6.42 Å². The topological polar surface area (TPSA) is 64.6 Å². The SMILES string of the molecule is C[C@H]1CCCC[C@H]1NC(=O)COC(=O)CCCOc1cccc(Br)c1. The third-order valence-corrected chi connectivity index (χ3v) is 4.91. The fourth-order valence-corrected chi connectivity index (χ4v) is 3.34. The molecular formula is C19H26BrNO4. The van der Waals surface area contributed by atoms with Gasteiger partial charge in [0.15, 0.2) is 6.61 Å². The molecule has 6 heteroatoms. The molecular weight excluding hydrogens is 386 g/mol. The van der Waals surface area contributed by atoms with Gasteiger partial charge in [0.2, 0.25) is 0 Å². The summed E-state index contributed by atoms with van der Waals surface area (Å²) in [7, 11) is 0. The summed E-state index contributed by atoms with van der Waals surface area (Å²) in [5, 5.41) is 2.97. The Labute approximate surface area is 157 Å². The van der Waals surface area contributed by atoms with E-state index in [2.05, 4.69) is 28.2 Å². The number of hydrogen-bond acceptors (Lipinski definition) is 4. The summed E-state index contributed by atoms with van der Waals surface area (Å²) in [5.41, 5.74) is 0. The second kappa shape index (κ2) is 10.4. The van der Waals surface area contributed by atoms with Gasteiger partial charge in [-0.2, -0.15) is 0 Å². The molecule has 1 N–H and O–H groups in total. The summed E-state index contributed by atoms with van der Waals surface area (Å²) < 4.78 is 11.5. The number of amides is 1. The predicted octanol–water partition coefficient (Wildman–Crippen LogP) is 3.85. The summed E-state index contributed by atoms with van der Waals surface area (Å²) in [6.45, 7) is 2.38. The van der Waals surface area contributed by atoms with Crippen molar-refractivity contribution in [2.45, 2.75) is 51.5 Å². The summed E-state index contributed by atoms with van der Waals surface area (Å²) >= 11 is 3.38. The van der Waals surface area contributed by atoms with Crippen LogP contribution in [0.5, 0.6) is 5.75 Å². The molecule has 0 heterocycles. The van der Waals surface area contributed by atoms with Crippen LogP contribution in [-0.4, -0.2) is 31.1 Å². The monoisotopic (exact) mass is 411 g/mol. The lowest BCUT2D eigenvalue weighted by molar-refractivity contribution is -0.149. The number of nitrogens with one attached hydrogen (secondary N) is 1. The molecule has 1 aromatic carbocycles. The van der Waals surface area contributed by atoms with E-state index < -0.39 is 0 Å². The molecule has 0 unspecified atom stereocenters. The molecule has 1 aromatic rings. The fourth-order valence-electron chi connectivity index (χ4n) is 2.96. The molecule has 0 aromatic heterocycles. The van der Waals surface area contributed by atoms with Gasteiger partial charge in [-0.05, 0) is 43.4 Å². The van der Waals surface area contributed by atoms with Crippen molar-refractivity contribution in [2.75, 3.05) is 13.2 Å². The number of esters is 1. The van der Waals surface area contributed by atoms with E-state index in [9.17, 15) is 9.59 Å². The van der Waals surface area contributed by atoms with Gasteiger partial charge in [0.25, 0.3) is 5.91 Å². The molecule has 25 heavy (non-hydrogen) atoms. The maximum Gasteiger partial charge on any atom is 0.306 e. The van der Waals surface area contributed by atoms with Gasteiger partial charge in [0, 0.05) is 16.9 Å². The van der Waals surface area contributed by atoms with Crippen LogP contribution in [0.2, 0.25) is 0 Å². The number of rotatable bonds is 8. The highest BCUT2D eigenvalue weighted by Gasteiger charge is 2.23. The summed E-state index contributed by atoms with van der Waals surface area (Å²) in [6, 6.07) is 7.75. The van der Waals surface area contributed by atoms with Gasteiger partial charge in [0.1, 0.15) is 5.75 Å². The molecule has 0 aliphatic heterocycles. The Kier molecular flexibility index (Phi) is 8.25.